The fourth-order valence-electron chi connectivity index (χ4n) is 2.73. The summed E-state index contributed by atoms with van der Waals surface area (Å²) >= 11 is 0. The molecule has 92 valence electrons. The number of imidazole rings is 1. The topological polar surface area (TPSA) is 58.2 Å². The number of carbonyl (C=O) groups is 1. The Morgan fingerprint density at radius 3 is 3.12 bits per heavy atom. The average Bonchev–Trinajstić information content (AvgIpc) is 3.09. The molecule has 0 bridgehead atoms. The Labute approximate surface area is 100 Å². The van der Waals surface area contributed by atoms with Gasteiger partial charge in [-0.25, -0.2) is 4.98 Å². The molecule has 0 unspecified atom stereocenters. The van der Waals surface area contributed by atoms with Gasteiger partial charge in [-0.05, 0) is 25.7 Å². The molecule has 3 heterocycles. The largest absolute Gasteiger partial charge is 0.368 e. The minimum Gasteiger partial charge on any atom is -0.368 e. The van der Waals surface area contributed by atoms with Crippen LogP contribution in [-0.4, -0.2) is 40.0 Å². The van der Waals surface area contributed by atoms with Crippen LogP contribution >= 0.6 is 0 Å². The molecule has 1 N–H and O–H groups in total. The van der Waals surface area contributed by atoms with Gasteiger partial charge in [0, 0.05) is 25.5 Å². The molecule has 1 amide bonds. The molecule has 2 saturated heterocycles. The highest BCUT2D eigenvalue weighted by Gasteiger charge is 2.36. The SMILES string of the molecule is O=C([C@@H]1CCCO1)N1CCC[C@H]1c1ncc[nH]1. The van der Waals surface area contributed by atoms with Gasteiger partial charge in [-0.15, -0.1) is 0 Å². The number of carbonyl (C=O) groups excluding carboxylic acids is 1. The maximum Gasteiger partial charge on any atom is 0.252 e. The lowest BCUT2D eigenvalue weighted by Crippen LogP contribution is -2.38. The Bertz CT molecular complexity index is 384. The minimum atomic E-state index is -0.217. The second-order valence-corrected chi connectivity index (χ2v) is 4.67. The van der Waals surface area contributed by atoms with Gasteiger partial charge < -0.3 is 14.6 Å². The Kier molecular flexibility index (Phi) is 2.84. The predicted octanol–water partition coefficient (Wildman–Crippen LogP) is 1.25. The highest BCUT2D eigenvalue weighted by atomic mass is 16.5. The number of ether oxygens (including phenoxy) is 1. The van der Waals surface area contributed by atoms with E-state index in [1.54, 1.807) is 6.20 Å². The van der Waals surface area contributed by atoms with Gasteiger partial charge >= 0.3 is 0 Å². The molecule has 17 heavy (non-hydrogen) atoms. The molecule has 1 aromatic rings. The zero-order valence-electron chi connectivity index (χ0n) is 9.76. The van der Waals surface area contributed by atoms with Crippen molar-refractivity contribution in [3.63, 3.8) is 0 Å². The molecular formula is C12H17N3O2. The lowest BCUT2D eigenvalue weighted by Gasteiger charge is -2.25. The van der Waals surface area contributed by atoms with Crippen LogP contribution in [0, 0.1) is 0 Å². The van der Waals surface area contributed by atoms with E-state index in [1.165, 1.54) is 0 Å². The summed E-state index contributed by atoms with van der Waals surface area (Å²) in [6.07, 6.45) is 7.22. The van der Waals surface area contributed by atoms with E-state index < -0.39 is 0 Å². The quantitative estimate of drug-likeness (QED) is 0.839. The van der Waals surface area contributed by atoms with Gasteiger partial charge in [-0.3, -0.25) is 4.79 Å². The van der Waals surface area contributed by atoms with Gasteiger partial charge in [-0.1, -0.05) is 0 Å². The fraction of sp³-hybridized carbons (Fsp3) is 0.667. The van der Waals surface area contributed by atoms with Crippen molar-refractivity contribution in [2.24, 2.45) is 0 Å². The van der Waals surface area contributed by atoms with Crippen LogP contribution in [0.15, 0.2) is 12.4 Å². The van der Waals surface area contributed by atoms with Crippen molar-refractivity contribution in [2.45, 2.75) is 37.8 Å². The maximum absolute atomic E-state index is 12.3. The van der Waals surface area contributed by atoms with Crippen molar-refractivity contribution < 1.29 is 9.53 Å². The number of nitrogens with zero attached hydrogens (tertiary/aromatic N) is 2. The number of amides is 1. The number of hydrogen-bond donors (Lipinski definition) is 1. The van der Waals surface area contributed by atoms with E-state index in [0.29, 0.717) is 0 Å². The molecule has 2 aliphatic rings. The standard InChI is InChI=1S/C12H17N3O2/c16-12(10-4-2-8-17-10)15-7-1-3-9(15)11-13-5-6-14-11/h5-6,9-10H,1-4,7-8H2,(H,13,14)/t9-,10-/m0/s1. The summed E-state index contributed by atoms with van der Waals surface area (Å²) in [5, 5.41) is 0. The molecule has 0 aromatic carbocycles. The van der Waals surface area contributed by atoms with Crippen LogP contribution in [0.3, 0.4) is 0 Å². The first-order chi connectivity index (χ1) is 8.36. The van der Waals surface area contributed by atoms with E-state index in [0.717, 1.165) is 44.7 Å². The van der Waals surface area contributed by atoms with E-state index >= 15 is 0 Å². The first-order valence-electron chi connectivity index (χ1n) is 6.27. The smallest absolute Gasteiger partial charge is 0.252 e. The number of aromatic nitrogens is 2. The molecule has 0 spiro atoms. The summed E-state index contributed by atoms with van der Waals surface area (Å²) in [6.45, 7) is 1.54. The Balaban J connectivity index is 1.75. The molecular weight excluding hydrogens is 218 g/mol. The zero-order chi connectivity index (χ0) is 11.7. The third-order valence-corrected chi connectivity index (χ3v) is 3.58. The number of nitrogens with one attached hydrogen (secondary N) is 1. The summed E-state index contributed by atoms with van der Waals surface area (Å²) in [6, 6.07) is 0.113. The van der Waals surface area contributed by atoms with Gasteiger partial charge in [0.25, 0.3) is 5.91 Å². The van der Waals surface area contributed by atoms with Crippen LogP contribution in [0.2, 0.25) is 0 Å². The molecule has 5 nitrogen and oxygen atoms in total. The molecule has 1 aromatic heterocycles. The van der Waals surface area contributed by atoms with E-state index in [2.05, 4.69) is 9.97 Å². The monoisotopic (exact) mass is 235 g/mol. The Hall–Kier alpha value is -1.36. The normalized spacial score (nSPS) is 28.8. The third-order valence-electron chi connectivity index (χ3n) is 3.58. The summed E-state index contributed by atoms with van der Waals surface area (Å²) in [5.74, 6) is 1.04. The molecule has 0 radical (unpaired) electrons. The van der Waals surface area contributed by atoms with E-state index in [1.807, 2.05) is 11.1 Å². The van der Waals surface area contributed by atoms with Gasteiger partial charge in [0.05, 0.1) is 6.04 Å². The predicted molar refractivity (Wildman–Crippen MR) is 61.2 cm³/mol. The Morgan fingerprint density at radius 1 is 1.47 bits per heavy atom. The highest BCUT2D eigenvalue weighted by molar-refractivity contribution is 5.81. The third kappa shape index (κ3) is 1.95. The molecule has 0 aliphatic carbocycles. The van der Waals surface area contributed by atoms with Crippen molar-refractivity contribution in [2.75, 3.05) is 13.2 Å². The molecule has 2 atom stereocenters. The maximum atomic E-state index is 12.3. The first-order valence-corrected chi connectivity index (χ1v) is 6.27. The summed E-state index contributed by atoms with van der Waals surface area (Å²) < 4.78 is 5.47. The highest BCUT2D eigenvalue weighted by Crippen LogP contribution is 2.31. The number of likely N-dealkylation sites (tertiary alicyclic amines) is 1. The lowest BCUT2D eigenvalue weighted by molar-refractivity contribution is -0.142. The second kappa shape index (κ2) is 4.49. The molecule has 3 rings (SSSR count). The molecule has 2 aliphatic heterocycles. The van der Waals surface area contributed by atoms with Gasteiger partial charge in [0.15, 0.2) is 0 Å². The van der Waals surface area contributed by atoms with E-state index in [9.17, 15) is 4.79 Å². The average molecular weight is 235 g/mol. The summed E-state index contributed by atoms with van der Waals surface area (Å²) in [4.78, 5) is 21.6. The molecule has 5 heteroatoms. The fourth-order valence-corrected chi connectivity index (χ4v) is 2.73. The summed E-state index contributed by atoms with van der Waals surface area (Å²) in [5.41, 5.74) is 0. The zero-order valence-corrected chi connectivity index (χ0v) is 9.76. The van der Waals surface area contributed by atoms with Crippen LogP contribution in [0.25, 0.3) is 0 Å². The van der Waals surface area contributed by atoms with Crippen LogP contribution < -0.4 is 0 Å². The summed E-state index contributed by atoms with van der Waals surface area (Å²) in [7, 11) is 0. The van der Waals surface area contributed by atoms with Crippen LogP contribution in [0.5, 0.6) is 0 Å². The van der Waals surface area contributed by atoms with Crippen molar-refractivity contribution in [1.82, 2.24) is 14.9 Å². The van der Waals surface area contributed by atoms with Crippen molar-refractivity contribution >= 4 is 5.91 Å². The van der Waals surface area contributed by atoms with Crippen LogP contribution in [-0.2, 0) is 9.53 Å². The molecule has 0 saturated carbocycles. The second-order valence-electron chi connectivity index (χ2n) is 4.67. The first kappa shape index (κ1) is 10.8. The Morgan fingerprint density at radius 2 is 2.41 bits per heavy atom. The number of H-pyrrole nitrogens is 1. The minimum absolute atomic E-state index is 0.113. The number of rotatable bonds is 2. The molecule has 2 fully saturated rings. The van der Waals surface area contributed by atoms with E-state index in [-0.39, 0.29) is 18.1 Å². The van der Waals surface area contributed by atoms with Crippen molar-refractivity contribution in [3.05, 3.63) is 18.2 Å². The number of hydrogen-bond acceptors (Lipinski definition) is 3. The van der Waals surface area contributed by atoms with E-state index in [4.69, 9.17) is 4.74 Å². The van der Waals surface area contributed by atoms with Gasteiger partial charge in [0.1, 0.15) is 11.9 Å². The van der Waals surface area contributed by atoms with Gasteiger partial charge in [0.2, 0.25) is 0 Å². The van der Waals surface area contributed by atoms with Crippen molar-refractivity contribution in [3.8, 4) is 0 Å². The van der Waals surface area contributed by atoms with Gasteiger partial charge in [-0.2, -0.15) is 0 Å². The van der Waals surface area contributed by atoms with Crippen molar-refractivity contribution in [1.29, 1.82) is 0 Å². The number of aromatic amines is 1. The van der Waals surface area contributed by atoms with Crippen LogP contribution in [0.1, 0.15) is 37.5 Å². The van der Waals surface area contributed by atoms with Crippen LogP contribution in [0.4, 0.5) is 0 Å². The lowest BCUT2D eigenvalue weighted by atomic mass is 10.1.